The average molecular weight is 475 g/mol. The van der Waals surface area contributed by atoms with Crippen LogP contribution in [0.2, 0.25) is 0 Å². The predicted octanol–water partition coefficient (Wildman–Crippen LogP) is 1.45. The topological polar surface area (TPSA) is 117 Å². The van der Waals surface area contributed by atoms with Gasteiger partial charge in [-0.3, -0.25) is 14.3 Å². The van der Waals surface area contributed by atoms with Gasteiger partial charge in [0.2, 0.25) is 12.3 Å². The van der Waals surface area contributed by atoms with Gasteiger partial charge in [0.25, 0.3) is 5.91 Å². The summed E-state index contributed by atoms with van der Waals surface area (Å²) in [5.41, 5.74) is 8.25. The van der Waals surface area contributed by atoms with Crippen LogP contribution in [0.15, 0.2) is 24.3 Å². The smallest absolute Gasteiger partial charge is 0.278 e. The zero-order valence-corrected chi connectivity index (χ0v) is 20.3. The van der Waals surface area contributed by atoms with Crippen molar-refractivity contribution in [2.75, 3.05) is 29.9 Å². The lowest BCUT2D eigenvalue weighted by molar-refractivity contribution is -0.00184. The number of hydrogen-bond acceptors (Lipinski definition) is 8. The van der Waals surface area contributed by atoms with Crippen LogP contribution in [0.3, 0.4) is 0 Å². The summed E-state index contributed by atoms with van der Waals surface area (Å²) in [7, 11) is 1.73. The highest BCUT2D eigenvalue weighted by atomic mass is 16.3. The van der Waals surface area contributed by atoms with Crippen molar-refractivity contribution in [1.29, 1.82) is 0 Å². The monoisotopic (exact) mass is 474 g/mol. The number of aliphatic hydroxyl groups excluding tert-OH is 1. The van der Waals surface area contributed by atoms with E-state index in [-0.39, 0.29) is 18.5 Å². The van der Waals surface area contributed by atoms with Gasteiger partial charge in [-0.2, -0.15) is 4.98 Å². The van der Waals surface area contributed by atoms with Gasteiger partial charge in [0.1, 0.15) is 5.82 Å². The average Bonchev–Trinajstić information content (AvgIpc) is 3.24. The molecule has 10 nitrogen and oxygen atoms in total. The Kier molecular flexibility index (Phi) is 6.05. The number of nitrogens with zero attached hydrogens (tertiary/aromatic N) is 7. The number of hydrogen-bond donors (Lipinski definition) is 2. The number of aromatic nitrogens is 4. The number of amides is 1. The molecule has 3 N–H and O–H groups in total. The third-order valence-corrected chi connectivity index (χ3v) is 6.66. The highest BCUT2D eigenvalue weighted by molar-refractivity contribution is 6.00. The Labute approximate surface area is 204 Å². The van der Waals surface area contributed by atoms with Gasteiger partial charge < -0.3 is 20.6 Å². The number of carbonyl (C=O) groups excluding carboxylic acids is 1. The standard InChI is InChI=1S/C25H30N8O2/c1-4-5-13-32-21-22(29-24(32)31-12-8-9-17(26)14-31)30(3)25(35)33(23(21)34)15-20-27-16(2)18-10-6-7-11-19(18)28-20/h6-7,10-11,17,25,35H,8-9,12-15,26H2,1-3H3. The van der Waals surface area contributed by atoms with Crippen LogP contribution in [0.5, 0.6) is 0 Å². The van der Waals surface area contributed by atoms with E-state index in [9.17, 15) is 9.90 Å². The van der Waals surface area contributed by atoms with E-state index in [0.29, 0.717) is 36.4 Å². The van der Waals surface area contributed by atoms with Crippen molar-refractivity contribution < 1.29 is 9.90 Å². The number of rotatable bonds is 4. The van der Waals surface area contributed by atoms with Gasteiger partial charge in [-0.25, -0.2) is 9.97 Å². The maximum Gasteiger partial charge on any atom is 0.278 e. The molecular formula is C25H30N8O2. The number of anilines is 2. The van der Waals surface area contributed by atoms with Crippen molar-refractivity contribution in [1.82, 2.24) is 24.4 Å². The molecule has 182 valence electrons. The molecule has 2 unspecified atom stereocenters. The summed E-state index contributed by atoms with van der Waals surface area (Å²) in [6.45, 7) is 5.52. The Bertz CT molecular complexity index is 1340. The second-order valence-corrected chi connectivity index (χ2v) is 9.08. The van der Waals surface area contributed by atoms with Crippen molar-refractivity contribution >= 4 is 28.6 Å². The van der Waals surface area contributed by atoms with Crippen LogP contribution in [0.4, 0.5) is 11.8 Å². The molecule has 1 amide bonds. The van der Waals surface area contributed by atoms with E-state index in [1.54, 1.807) is 18.9 Å². The van der Waals surface area contributed by atoms with Crippen LogP contribution in [-0.4, -0.2) is 68.0 Å². The molecule has 1 fully saturated rings. The fourth-order valence-corrected chi connectivity index (χ4v) is 4.86. The zero-order valence-electron chi connectivity index (χ0n) is 20.3. The van der Waals surface area contributed by atoms with Gasteiger partial charge in [0.15, 0.2) is 11.5 Å². The molecule has 35 heavy (non-hydrogen) atoms. The number of aryl methyl sites for hydroxylation is 1. The molecule has 1 aromatic carbocycles. The number of benzene rings is 1. The number of nitrogens with two attached hydrogens (primary N) is 1. The van der Waals surface area contributed by atoms with Gasteiger partial charge in [0, 0.05) is 37.3 Å². The summed E-state index contributed by atoms with van der Waals surface area (Å²) in [6.07, 6.45) is 0.708. The van der Waals surface area contributed by atoms with Gasteiger partial charge in [-0.05, 0) is 32.8 Å². The minimum atomic E-state index is -1.21. The van der Waals surface area contributed by atoms with E-state index in [2.05, 4.69) is 26.7 Å². The molecule has 0 saturated carbocycles. The summed E-state index contributed by atoms with van der Waals surface area (Å²) in [5, 5.41) is 12.1. The number of aliphatic hydroxyl groups is 1. The van der Waals surface area contributed by atoms with Crippen molar-refractivity contribution in [2.45, 2.75) is 52.2 Å². The van der Waals surface area contributed by atoms with E-state index in [0.717, 1.165) is 36.0 Å². The Morgan fingerprint density at radius 3 is 2.80 bits per heavy atom. The number of piperidine rings is 1. The minimum Gasteiger partial charge on any atom is -0.356 e. The first-order valence-corrected chi connectivity index (χ1v) is 11.8. The molecule has 5 rings (SSSR count). The molecule has 3 aromatic rings. The van der Waals surface area contributed by atoms with Crippen LogP contribution < -0.4 is 15.5 Å². The number of imidazole rings is 1. The predicted molar refractivity (Wildman–Crippen MR) is 134 cm³/mol. The van der Waals surface area contributed by atoms with Crippen molar-refractivity contribution in [3.8, 4) is 11.8 Å². The maximum atomic E-state index is 13.8. The molecule has 10 heteroatoms. The highest BCUT2D eigenvalue weighted by Gasteiger charge is 2.41. The van der Waals surface area contributed by atoms with Crippen LogP contribution in [0, 0.1) is 18.8 Å². The van der Waals surface area contributed by atoms with Crippen molar-refractivity contribution in [3.05, 3.63) is 41.5 Å². The summed E-state index contributed by atoms with van der Waals surface area (Å²) < 4.78 is 1.84. The van der Waals surface area contributed by atoms with Crippen LogP contribution in [-0.2, 0) is 13.1 Å². The lowest BCUT2D eigenvalue weighted by Gasteiger charge is -2.38. The second kappa shape index (κ2) is 9.17. The van der Waals surface area contributed by atoms with Gasteiger partial charge in [-0.15, -0.1) is 5.92 Å². The first-order valence-electron chi connectivity index (χ1n) is 11.8. The van der Waals surface area contributed by atoms with E-state index in [1.807, 2.05) is 35.8 Å². The van der Waals surface area contributed by atoms with E-state index < -0.39 is 6.35 Å². The van der Waals surface area contributed by atoms with E-state index >= 15 is 0 Å². The lowest BCUT2D eigenvalue weighted by Crippen LogP contribution is -2.54. The minimum absolute atomic E-state index is 0.0481. The molecule has 2 aliphatic rings. The zero-order chi connectivity index (χ0) is 24.7. The Morgan fingerprint density at radius 1 is 1.23 bits per heavy atom. The highest BCUT2D eigenvalue weighted by Crippen LogP contribution is 2.34. The normalized spacial score (nSPS) is 20.1. The summed E-state index contributed by atoms with van der Waals surface area (Å²) in [4.78, 5) is 32.9. The Morgan fingerprint density at radius 2 is 2.03 bits per heavy atom. The first-order chi connectivity index (χ1) is 16.9. The van der Waals surface area contributed by atoms with Gasteiger partial charge in [-0.1, -0.05) is 24.1 Å². The van der Waals surface area contributed by atoms with Gasteiger partial charge in [0.05, 0.1) is 18.6 Å². The van der Waals surface area contributed by atoms with Crippen molar-refractivity contribution in [2.24, 2.45) is 5.73 Å². The van der Waals surface area contributed by atoms with E-state index in [4.69, 9.17) is 10.7 Å². The van der Waals surface area contributed by atoms with Gasteiger partial charge >= 0.3 is 0 Å². The molecule has 0 aliphatic carbocycles. The maximum absolute atomic E-state index is 13.8. The third-order valence-electron chi connectivity index (χ3n) is 6.66. The summed E-state index contributed by atoms with van der Waals surface area (Å²) in [6, 6.07) is 7.80. The lowest BCUT2D eigenvalue weighted by atomic mass is 10.1. The molecule has 0 spiro atoms. The second-order valence-electron chi connectivity index (χ2n) is 9.08. The molecule has 0 bridgehead atoms. The Balaban J connectivity index is 1.54. The van der Waals surface area contributed by atoms with Crippen LogP contribution in [0.25, 0.3) is 10.9 Å². The first kappa shape index (κ1) is 23.1. The quantitative estimate of drug-likeness (QED) is 0.546. The number of fused-ring (bicyclic) bond motifs is 2. The summed E-state index contributed by atoms with van der Waals surface area (Å²) >= 11 is 0. The SMILES string of the molecule is CC#CCn1c(N2CCCC(N)C2)nc2c1C(=O)N(Cc1nc(C)c3ccccc3n1)C(O)N2C. The summed E-state index contributed by atoms with van der Waals surface area (Å²) in [5.74, 6) is 7.19. The Hall–Kier alpha value is -3.68. The molecule has 2 atom stereocenters. The third kappa shape index (κ3) is 4.07. The van der Waals surface area contributed by atoms with Crippen LogP contribution >= 0.6 is 0 Å². The largest absolute Gasteiger partial charge is 0.356 e. The molecule has 1 saturated heterocycles. The fourth-order valence-electron chi connectivity index (χ4n) is 4.86. The number of carbonyl (C=O) groups is 1. The van der Waals surface area contributed by atoms with Crippen LogP contribution in [0.1, 0.15) is 41.8 Å². The molecule has 0 radical (unpaired) electrons. The molecule has 4 heterocycles. The molecule has 2 aliphatic heterocycles. The molecule has 2 aromatic heterocycles. The molecular weight excluding hydrogens is 444 g/mol. The van der Waals surface area contributed by atoms with Crippen molar-refractivity contribution in [3.63, 3.8) is 0 Å². The fraction of sp³-hybridized carbons (Fsp3) is 0.440. The number of para-hydroxylation sites is 1. The van der Waals surface area contributed by atoms with E-state index in [1.165, 1.54) is 4.90 Å².